The third-order valence-corrected chi connectivity index (χ3v) is 7.88. The number of halogens is 4. The maximum Gasteiger partial charge on any atom is 0.416 e. The molecule has 0 bridgehead atoms. The number of carbonyl (C=O) groups excluding carboxylic acids is 1. The Hall–Kier alpha value is -3.30. The predicted molar refractivity (Wildman–Crippen MR) is 145 cm³/mol. The number of benzene rings is 2. The van der Waals surface area contributed by atoms with Gasteiger partial charge in [-0.3, -0.25) is 4.79 Å². The first-order valence-electron chi connectivity index (χ1n) is 13.1. The van der Waals surface area contributed by atoms with Gasteiger partial charge in [-0.2, -0.15) is 13.2 Å². The number of likely N-dealkylation sites (tertiary alicyclic amines) is 2. The minimum absolute atomic E-state index is 0.0267. The Labute approximate surface area is 230 Å². The smallest absolute Gasteiger partial charge is 0.416 e. The lowest BCUT2D eigenvalue weighted by Gasteiger charge is -2.36. The average molecular weight is 559 g/mol. The first-order chi connectivity index (χ1) is 18.7. The number of rotatable bonds is 6. The lowest BCUT2D eigenvalue weighted by molar-refractivity contribution is -0.137. The van der Waals surface area contributed by atoms with Crippen molar-refractivity contribution in [3.8, 4) is 16.9 Å². The van der Waals surface area contributed by atoms with Crippen molar-refractivity contribution in [2.75, 3.05) is 31.9 Å². The minimum atomic E-state index is -4.49. The number of hydrogen-bond acceptors (Lipinski definition) is 5. The van der Waals surface area contributed by atoms with E-state index in [-0.39, 0.29) is 34.7 Å². The molecule has 6 nitrogen and oxygen atoms in total. The van der Waals surface area contributed by atoms with Gasteiger partial charge in [-0.1, -0.05) is 23.7 Å². The molecule has 2 aromatic carbocycles. The largest absolute Gasteiger partial charge is 0.485 e. The zero-order valence-corrected chi connectivity index (χ0v) is 22.1. The number of aromatic nitrogens is 1. The molecule has 206 valence electrons. The van der Waals surface area contributed by atoms with Crippen molar-refractivity contribution < 1.29 is 22.7 Å². The van der Waals surface area contributed by atoms with E-state index >= 15 is 0 Å². The Morgan fingerprint density at radius 2 is 1.69 bits per heavy atom. The SMILES string of the molecule is Nc1ncc(-c2ccc(C(=O)N3CCC(N4CCCC4)CC3)cc2)cc1OCc1cc(C(F)(F)F)ccc1Cl. The van der Waals surface area contributed by atoms with Gasteiger partial charge in [0.2, 0.25) is 0 Å². The molecule has 0 radical (unpaired) electrons. The molecule has 0 atom stereocenters. The van der Waals surface area contributed by atoms with Gasteiger partial charge in [-0.15, -0.1) is 0 Å². The average Bonchev–Trinajstić information content (AvgIpc) is 3.48. The first-order valence-corrected chi connectivity index (χ1v) is 13.4. The highest BCUT2D eigenvalue weighted by Gasteiger charge is 2.31. The van der Waals surface area contributed by atoms with Crippen molar-refractivity contribution in [3.63, 3.8) is 0 Å². The van der Waals surface area contributed by atoms with E-state index in [0.717, 1.165) is 43.6 Å². The Morgan fingerprint density at radius 1 is 1.00 bits per heavy atom. The Morgan fingerprint density at radius 3 is 2.36 bits per heavy atom. The summed E-state index contributed by atoms with van der Waals surface area (Å²) in [6.45, 7) is 3.66. The van der Waals surface area contributed by atoms with Gasteiger partial charge in [-0.25, -0.2) is 4.98 Å². The van der Waals surface area contributed by atoms with Crippen molar-refractivity contribution >= 4 is 23.3 Å². The third kappa shape index (κ3) is 6.31. The number of nitrogen functional groups attached to an aromatic ring is 1. The fourth-order valence-electron chi connectivity index (χ4n) is 5.27. The normalized spacial score (nSPS) is 17.0. The highest BCUT2D eigenvalue weighted by Crippen LogP contribution is 2.33. The first kappa shape index (κ1) is 27.3. The highest BCUT2D eigenvalue weighted by atomic mass is 35.5. The Balaban J connectivity index is 1.23. The van der Waals surface area contributed by atoms with Crippen LogP contribution in [0.3, 0.4) is 0 Å². The maximum atomic E-state index is 13.1. The molecule has 0 aliphatic carbocycles. The van der Waals surface area contributed by atoms with Crippen molar-refractivity contribution in [3.05, 3.63) is 76.4 Å². The summed E-state index contributed by atoms with van der Waals surface area (Å²) in [7, 11) is 0. The third-order valence-electron chi connectivity index (χ3n) is 7.51. The van der Waals surface area contributed by atoms with Crippen LogP contribution in [0.1, 0.15) is 47.2 Å². The summed E-state index contributed by atoms with van der Waals surface area (Å²) in [5.74, 6) is 0.354. The fourth-order valence-corrected chi connectivity index (χ4v) is 5.45. The summed E-state index contributed by atoms with van der Waals surface area (Å²) < 4.78 is 45.0. The van der Waals surface area contributed by atoms with Gasteiger partial charge in [0.1, 0.15) is 6.61 Å². The van der Waals surface area contributed by atoms with Crippen molar-refractivity contribution in [1.82, 2.24) is 14.8 Å². The second kappa shape index (κ2) is 11.4. The lowest BCUT2D eigenvalue weighted by Crippen LogP contribution is -2.45. The number of nitrogens with zero attached hydrogens (tertiary/aromatic N) is 3. The summed E-state index contributed by atoms with van der Waals surface area (Å²) in [5, 5.41) is 0.159. The molecule has 1 amide bonds. The number of pyridine rings is 1. The van der Waals surface area contributed by atoms with Crippen LogP contribution in [-0.4, -0.2) is 52.9 Å². The molecule has 0 unspecified atom stereocenters. The fraction of sp³-hybridized carbons (Fsp3) is 0.379. The van der Waals surface area contributed by atoms with Gasteiger partial charge >= 0.3 is 6.18 Å². The van der Waals surface area contributed by atoms with Crippen LogP contribution in [0.15, 0.2) is 54.7 Å². The molecular weight excluding hydrogens is 529 g/mol. The second-order valence-electron chi connectivity index (χ2n) is 10.0. The number of hydrogen-bond donors (Lipinski definition) is 1. The maximum absolute atomic E-state index is 13.1. The van der Waals surface area contributed by atoms with Gasteiger partial charge in [-0.05, 0) is 80.7 Å². The lowest BCUT2D eigenvalue weighted by atomic mass is 10.0. The van der Waals surface area contributed by atoms with Crippen LogP contribution in [0.2, 0.25) is 5.02 Å². The summed E-state index contributed by atoms with van der Waals surface area (Å²) in [4.78, 5) is 21.8. The standard InChI is InChI=1S/C29H30ClF3N4O2/c30-25-8-7-23(29(31,32)33)15-22(25)18-39-26-16-21(17-35-27(26)34)19-3-5-20(6-4-19)28(38)37-13-9-24(10-14-37)36-11-1-2-12-36/h3-8,15-17,24H,1-2,9-14,18H2,(H2,34,35). The molecule has 10 heteroatoms. The van der Waals surface area contributed by atoms with Crippen molar-refractivity contribution in [1.29, 1.82) is 0 Å². The molecule has 2 N–H and O–H groups in total. The predicted octanol–water partition coefficient (Wildman–Crippen LogP) is 6.28. The van der Waals surface area contributed by atoms with E-state index in [1.165, 1.54) is 32.0 Å². The van der Waals surface area contributed by atoms with Crippen LogP contribution in [0, 0.1) is 0 Å². The summed E-state index contributed by atoms with van der Waals surface area (Å²) in [6, 6.07) is 12.6. The molecule has 3 aromatic rings. The molecular formula is C29H30ClF3N4O2. The molecule has 3 heterocycles. The van der Waals surface area contributed by atoms with E-state index in [0.29, 0.717) is 17.2 Å². The summed E-state index contributed by atoms with van der Waals surface area (Å²) >= 11 is 6.09. The van der Waals surface area contributed by atoms with Gasteiger partial charge in [0.25, 0.3) is 5.91 Å². The topological polar surface area (TPSA) is 71.7 Å². The molecule has 2 aliphatic heterocycles. The van der Waals surface area contributed by atoms with Crippen LogP contribution in [-0.2, 0) is 12.8 Å². The van der Waals surface area contributed by atoms with E-state index in [4.69, 9.17) is 22.1 Å². The van der Waals surface area contributed by atoms with E-state index in [1.807, 2.05) is 17.0 Å². The molecule has 2 saturated heterocycles. The van der Waals surface area contributed by atoms with Crippen LogP contribution in [0.5, 0.6) is 5.75 Å². The number of nitrogens with two attached hydrogens (primary N) is 1. The van der Waals surface area contributed by atoms with Crippen LogP contribution in [0.4, 0.5) is 19.0 Å². The van der Waals surface area contributed by atoms with Gasteiger partial charge in [0.05, 0.1) is 5.56 Å². The van der Waals surface area contributed by atoms with Crippen LogP contribution < -0.4 is 10.5 Å². The Bertz CT molecular complexity index is 1320. The van der Waals surface area contributed by atoms with Crippen LogP contribution >= 0.6 is 11.6 Å². The van der Waals surface area contributed by atoms with E-state index in [1.54, 1.807) is 24.4 Å². The van der Waals surface area contributed by atoms with Crippen molar-refractivity contribution in [2.24, 2.45) is 0 Å². The molecule has 5 rings (SSSR count). The molecule has 0 saturated carbocycles. The molecule has 1 aromatic heterocycles. The molecule has 0 spiro atoms. The molecule has 2 fully saturated rings. The minimum Gasteiger partial charge on any atom is -0.485 e. The zero-order chi connectivity index (χ0) is 27.6. The quantitative estimate of drug-likeness (QED) is 0.385. The summed E-state index contributed by atoms with van der Waals surface area (Å²) in [6.07, 6.45) is 1.65. The van der Waals surface area contributed by atoms with Gasteiger partial charge < -0.3 is 20.3 Å². The zero-order valence-electron chi connectivity index (χ0n) is 21.4. The number of amides is 1. The van der Waals surface area contributed by atoms with Crippen molar-refractivity contribution in [2.45, 2.75) is 44.5 Å². The van der Waals surface area contributed by atoms with E-state index in [9.17, 15) is 18.0 Å². The molecule has 39 heavy (non-hydrogen) atoms. The van der Waals surface area contributed by atoms with Crippen LogP contribution in [0.25, 0.3) is 11.1 Å². The highest BCUT2D eigenvalue weighted by molar-refractivity contribution is 6.31. The number of alkyl halides is 3. The van der Waals surface area contributed by atoms with Gasteiger partial charge in [0, 0.05) is 47.0 Å². The number of anilines is 1. The number of ether oxygens (including phenoxy) is 1. The van der Waals surface area contributed by atoms with E-state index in [2.05, 4.69) is 9.88 Å². The Kier molecular flexibility index (Phi) is 8.00. The van der Waals surface area contributed by atoms with Gasteiger partial charge in [0.15, 0.2) is 11.6 Å². The van der Waals surface area contributed by atoms with E-state index < -0.39 is 11.7 Å². The number of carbonyl (C=O) groups is 1. The number of piperidine rings is 1. The monoisotopic (exact) mass is 558 g/mol. The molecule has 2 aliphatic rings. The second-order valence-corrected chi connectivity index (χ2v) is 10.5. The summed E-state index contributed by atoms with van der Waals surface area (Å²) in [5.41, 5.74) is 7.45.